The Morgan fingerprint density at radius 3 is 2.76 bits per heavy atom. The Labute approximate surface area is 192 Å². The zero-order valence-corrected chi connectivity index (χ0v) is 18.8. The van der Waals surface area contributed by atoms with E-state index in [9.17, 15) is 9.18 Å². The van der Waals surface area contributed by atoms with Crippen molar-refractivity contribution in [2.75, 3.05) is 31.7 Å². The summed E-state index contributed by atoms with van der Waals surface area (Å²) in [6.45, 7) is 3.47. The first-order valence-corrected chi connectivity index (χ1v) is 11.3. The molecule has 3 aliphatic rings. The number of anilines is 1. The number of piperazine rings is 1. The van der Waals surface area contributed by atoms with Crippen LogP contribution in [0.3, 0.4) is 0 Å². The van der Waals surface area contributed by atoms with Crippen LogP contribution < -0.4 is 9.64 Å². The van der Waals surface area contributed by atoms with Crippen molar-refractivity contribution in [2.45, 2.75) is 43.9 Å². The summed E-state index contributed by atoms with van der Waals surface area (Å²) in [6, 6.07) is 10.9. The molecule has 33 heavy (non-hydrogen) atoms. The second-order valence-corrected chi connectivity index (χ2v) is 9.29. The number of hydrogen-bond donors (Lipinski definition) is 0. The van der Waals surface area contributed by atoms with Crippen LogP contribution in [0, 0.1) is 23.1 Å². The molecule has 0 radical (unpaired) electrons. The normalized spacial score (nSPS) is 25.0. The lowest BCUT2D eigenvalue weighted by molar-refractivity contribution is -0.140. The molecule has 172 valence electrons. The third-order valence-electron chi connectivity index (χ3n) is 7.24. The monoisotopic (exact) mass is 450 g/mol. The first-order chi connectivity index (χ1) is 15.9. The van der Waals surface area contributed by atoms with Gasteiger partial charge in [-0.25, -0.2) is 9.37 Å². The van der Waals surface area contributed by atoms with Crippen LogP contribution in [0.25, 0.3) is 0 Å². The van der Waals surface area contributed by atoms with Gasteiger partial charge in [0, 0.05) is 25.3 Å². The number of hydrogen-bond acceptors (Lipinski definition) is 6. The fourth-order valence-corrected chi connectivity index (χ4v) is 5.26. The maximum absolute atomic E-state index is 13.8. The molecule has 1 aromatic carbocycles. The SMILES string of the molecule is COc1cc(C2(OCC(=O)N3CC4C[C@@H](C)C(C3)N4c3ccc(C#N)cn3)CC2)ccc1F. The van der Waals surface area contributed by atoms with E-state index >= 15 is 0 Å². The van der Waals surface area contributed by atoms with Crippen molar-refractivity contribution in [1.82, 2.24) is 9.88 Å². The van der Waals surface area contributed by atoms with E-state index in [4.69, 9.17) is 14.7 Å². The van der Waals surface area contributed by atoms with Gasteiger partial charge in [-0.05, 0) is 55.0 Å². The second kappa shape index (κ2) is 8.31. The number of nitrogens with zero attached hydrogens (tertiary/aromatic N) is 4. The standard InChI is InChI=1S/C25H27FN4O3/c1-16-9-19-13-29(14-21(16)30(19)23-6-3-17(11-27)12-28-23)24(31)15-33-25(7-8-25)18-4-5-20(26)22(10-18)32-2/h3-6,10,12,16,19,21H,7-9,13-15H2,1-2H3/t16-,19?,21?/m1/s1. The van der Waals surface area contributed by atoms with Crippen LogP contribution in [0.5, 0.6) is 5.75 Å². The van der Waals surface area contributed by atoms with Gasteiger partial charge in [-0.15, -0.1) is 0 Å². The number of carbonyl (C=O) groups is 1. The Kier molecular flexibility index (Phi) is 5.45. The van der Waals surface area contributed by atoms with Gasteiger partial charge in [0.05, 0.1) is 24.3 Å². The maximum Gasteiger partial charge on any atom is 0.248 e. The molecule has 1 saturated carbocycles. The van der Waals surface area contributed by atoms with Crippen molar-refractivity contribution in [2.24, 2.45) is 5.92 Å². The quantitative estimate of drug-likeness (QED) is 0.673. The first kappa shape index (κ1) is 21.7. The van der Waals surface area contributed by atoms with Crippen molar-refractivity contribution < 1.29 is 18.7 Å². The number of fused-ring (bicyclic) bond motifs is 2. The summed E-state index contributed by atoms with van der Waals surface area (Å²) in [5.74, 6) is 1.05. The number of pyridine rings is 1. The van der Waals surface area contributed by atoms with E-state index in [0.29, 0.717) is 24.6 Å². The Hall–Kier alpha value is -3.18. The second-order valence-electron chi connectivity index (χ2n) is 9.29. The number of nitriles is 1. The summed E-state index contributed by atoms with van der Waals surface area (Å²) in [4.78, 5) is 21.8. The lowest BCUT2D eigenvalue weighted by Crippen LogP contribution is -2.57. The highest BCUT2D eigenvalue weighted by Gasteiger charge is 2.48. The van der Waals surface area contributed by atoms with Gasteiger partial charge in [-0.3, -0.25) is 4.79 Å². The van der Waals surface area contributed by atoms with Crippen molar-refractivity contribution in [1.29, 1.82) is 5.26 Å². The van der Waals surface area contributed by atoms with E-state index < -0.39 is 11.4 Å². The number of benzene rings is 1. The Morgan fingerprint density at radius 1 is 1.30 bits per heavy atom. The number of rotatable bonds is 6. The third kappa shape index (κ3) is 3.91. The smallest absolute Gasteiger partial charge is 0.248 e. The third-order valence-corrected chi connectivity index (χ3v) is 7.24. The minimum absolute atomic E-state index is 0.00261. The molecule has 0 spiro atoms. The number of amides is 1. The van der Waals surface area contributed by atoms with Gasteiger partial charge in [0.25, 0.3) is 0 Å². The molecule has 7 nitrogen and oxygen atoms in total. The van der Waals surface area contributed by atoms with Crippen molar-refractivity contribution >= 4 is 11.7 Å². The summed E-state index contributed by atoms with van der Waals surface area (Å²) >= 11 is 0. The molecule has 1 aromatic heterocycles. The van der Waals surface area contributed by atoms with Crippen LogP contribution in [0.15, 0.2) is 36.5 Å². The summed E-state index contributed by atoms with van der Waals surface area (Å²) in [7, 11) is 1.44. The highest BCUT2D eigenvalue weighted by Crippen LogP contribution is 2.50. The van der Waals surface area contributed by atoms with Crippen LogP contribution >= 0.6 is 0 Å². The van der Waals surface area contributed by atoms with Crippen LogP contribution in [0.2, 0.25) is 0 Å². The summed E-state index contributed by atoms with van der Waals surface area (Å²) < 4.78 is 25.0. The van der Waals surface area contributed by atoms with E-state index in [1.54, 1.807) is 24.4 Å². The molecule has 2 aliphatic heterocycles. The molecule has 3 fully saturated rings. The van der Waals surface area contributed by atoms with Gasteiger partial charge in [-0.2, -0.15) is 5.26 Å². The van der Waals surface area contributed by atoms with Gasteiger partial charge in [0.15, 0.2) is 11.6 Å². The van der Waals surface area contributed by atoms with Gasteiger partial charge in [0.1, 0.15) is 18.5 Å². The molecule has 2 bridgehead atoms. The Morgan fingerprint density at radius 2 is 2.12 bits per heavy atom. The van der Waals surface area contributed by atoms with Gasteiger partial charge < -0.3 is 19.3 Å². The highest BCUT2D eigenvalue weighted by atomic mass is 19.1. The minimum Gasteiger partial charge on any atom is -0.494 e. The number of halogens is 1. The van der Waals surface area contributed by atoms with Gasteiger partial charge in [-0.1, -0.05) is 13.0 Å². The molecular weight excluding hydrogens is 423 g/mol. The number of likely N-dealkylation sites (tertiary alicyclic amines) is 1. The predicted molar refractivity (Wildman–Crippen MR) is 119 cm³/mol. The van der Waals surface area contributed by atoms with Gasteiger partial charge in [0.2, 0.25) is 5.91 Å². The van der Waals surface area contributed by atoms with Crippen molar-refractivity contribution in [3.05, 3.63) is 53.5 Å². The molecule has 5 rings (SSSR count). The molecule has 1 amide bonds. The van der Waals surface area contributed by atoms with Crippen molar-refractivity contribution in [3.8, 4) is 11.8 Å². The molecule has 1 aliphatic carbocycles. The number of aromatic nitrogens is 1. The summed E-state index contributed by atoms with van der Waals surface area (Å²) in [5, 5.41) is 9.03. The largest absolute Gasteiger partial charge is 0.494 e. The summed E-state index contributed by atoms with van der Waals surface area (Å²) in [5.41, 5.74) is 0.855. The van der Waals surface area contributed by atoms with E-state index in [2.05, 4.69) is 22.9 Å². The van der Waals surface area contributed by atoms with Crippen LogP contribution in [-0.4, -0.2) is 54.7 Å². The van der Waals surface area contributed by atoms with Crippen LogP contribution in [0.1, 0.15) is 37.3 Å². The lowest BCUT2D eigenvalue weighted by atomic mass is 10.0. The average Bonchev–Trinajstić information content (AvgIpc) is 3.60. The van der Waals surface area contributed by atoms with Crippen molar-refractivity contribution in [3.63, 3.8) is 0 Å². The first-order valence-electron chi connectivity index (χ1n) is 11.3. The molecule has 3 heterocycles. The van der Waals surface area contributed by atoms with E-state index in [1.807, 2.05) is 11.0 Å². The Balaban J connectivity index is 1.24. The summed E-state index contributed by atoms with van der Waals surface area (Å²) in [6.07, 6.45) is 4.20. The molecule has 3 atom stereocenters. The number of carbonyl (C=O) groups excluding carboxylic acids is 1. The van der Waals surface area contributed by atoms with Gasteiger partial charge >= 0.3 is 0 Å². The predicted octanol–water partition coefficient (Wildman–Crippen LogP) is 3.23. The minimum atomic E-state index is -0.531. The highest BCUT2D eigenvalue weighted by molar-refractivity contribution is 5.78. The van der Waals surface area contributed by atoms with Crippen LogP contribution in [-0.2, 0) is 15.1 Å². The average molecular weight is 451 g/mol. The molecular formula is C25H27FN4O3. The van der Waals surface area contributed by atoms with E-state index in [1.165, 1.54) is 13.2 Å². The molecule has 8 heteroatoms. The molecule has 2 aromatic rings. The Bertz CT molecular complexity index is 1100. The molecule has 0 N–H and O–H groups in total. The molecule has 2 saturated heterocycles. The number of methoxy groups -OCH3 is 1. The maximum atomic E-state index is 13.8. The topological polar surface area (TPSA) is 78.7 Å². The molecule has 2 unspecified atom stereocenters. The van der Waals surface area contributed by atoms with E-state index in [0.717, 1.165) is 30.6 Å². The fraction of sp³-hybridized carbons (Fsp3) is 0.480. The fourth-order valence-electron chi connectivity index (χ4n) is 5.26. The lowest BCUT2D eigenvalue weighted by Gasteiger charge is -2.42. The van der Waals surface area contributed by atoms with E-state index in [-0.39, 0.29) is 30.3 Å². The zero-order chi connectivity index (χ0) is 23.2. The number of ether oxygens (including phenoxy) is 2. The van der Waals surface area contributed by atoms with Crippen LogP contribution in [0.4, 0.5) is 10.2 Å². The zero-order valence-electron chi connectivity index (χ0n) is 18.8.